The molecule has 0 bridgehead atoms. The molecule has 202 valence electrons. The highest BCUT2D eigenvalue weighted by atomic mass is 32.1. The third kappa shape index (κ3) is 7.01. The SMILES string of the molecule is CCOC(=O)CN(Cc1ccc(OC)cc1OC)Cc1nc(-c2ccc(-c3ccccc3)cc2)sc1C(=O)O. The lowest BCUT2D eigenvalue weighted by atomic mass is 10.0. The maximum Gasteiger partial charge on any atom is 0.347 e. The number of aromatic nitrogens is 1. The number of carboxylic acids is 1. The number of hydrogen-bond acceptors (Lipinski definition) is 8. The maximum atomic E-state index is 12.4. The highest BCUT2D eigenvalue weighted by molar-refractivity contribution is 7.17. The number of carbonyl (C=O) groups is 2. The molecule has 8 nitrogen and oxygen atoms in total. The van der Waals surface area contributed by atoms with E-state index in [0.29, 0.717) is 28.7 Å². The second-order valence-electron chi connectivity index (χ2n) is 8.67. The van der Waals surface area contributed by atoms with Crippen molar-refractivity contribution < 1.29 is 28.9 Å². The van der Waals surface area contributed by atoms with E-state index in [1.54, 1.807) is 32.1 Å². The van der Waals surface area contributed by atoms with E-state index < -0.39 is 11.9 Å². The van der Waals surface area contributed by atoms with Crippen LogP contribution in [0.1, 0.15) is 27.9 Å². The summed E-state index contributed by atoms with van der Waals surface area (Å²) < 4.78 is 16.0. The van der Waals surface area contributed by atoms with E-state index in [2.05, 4.69) is 0 Å². The third-order valence-corrected chi connectivity index (χ3v) is 7.18. The fraction of sp³-hybridized carbons (Fsp3) is 0.233. The second-order valence-corrected chi connectivity index (χ2v) is 9.67. The number of nitrogens with zero attached hydrogens (tertiary/aromatic N) is 2. The van der Waals surface area contributed by atoms with E-state index in [0.717, 1.165) is 33.6 Å². The second kappa shape index (κ2) is 13.0. The van der Waals surface area contributed by atoms with Gasteiger partial charge in [0.05, 0.1) is 33.1 Å². The van der Waals surface area contributed by atoms with Gasteiger partial charge in [0.15, 0.2) is 0 Å². The number of esters is 1. The molecule has 0 radical (unpaired) electrons. The summed E-state index contributed by atoms with van der Waals surface area (Å²) in [7, 11) is 3.14. The molecule has 4 rings (SSSR count). The summed E-state index contributed by atoms with van der Waals surface area (Å²) in [6.07, 6.45) is 0. The number of carbonyl (C=O) groups excluding carboxylic acids is 1. The number of aromatic carboxylic acids is 1. The topological polar surface area (TPSA) is 98.2 Å². The van der Waals surface area contributed by atoms with Crippen LogP contribution in [-0.4, -0.2) is 54.3 Å². The molecule has 1 heterocycles. The Kier molecular flexibility index (Phi) is 9.30. The summed E-state index contributed by atoms with van der Waals surface area (Å²) in [5, 5.41) is 10.6. The Morgan fingerprint density at radius 1 is 0.897 bits per heavy atom. The van der Waals surface area contributed by atoms with Gasteiger partial charge in [-0.1, -0.05) is 60.7 Å². The molecule has 9 heteroatoms. The quantitative estimate of drug-likeness (QED) is 0.224. The van der Waals surface area contributed by atoms with Crippen LogP contribution in [0, 0.1) is 0 Å². The fourth-order valence-electron chi connectivity index (χ4n) is 4.18. The minimum atomic E-state index is -1.06. The number of ether oxygens (including phenoxy) is 3. The monoisotopic (exact) mass is 546 g/mol. The molecular weight excluding hydrogens is 516 g/mol. The predicted molar refractivity (Wildman–Crippen MR) is 150 cm³/mol. The van der Waals surface area contributed by atoms with Crippen LogP contribution in [0.5, 0.6) is 11.5 Å². The Balaban J connectivity index is 1.63. The number of carboxylic acid groups (broad SMARTS) is 1. The minimum Gasteiger partial charge on any atom is -0.497 e. The average molecular weight is 547 g/mol. The summed E-state index contributed by atoms with van der Waals surface area (Å²) in [6, 6.07) is 23.3. The summed E-state index contributed by atoms with van der Waals surface area (Å²) in [4.78, 5) is 31.2. The Labute approximate surface area is 231 Å². The van der Waals surface area contributed by atoms with Crippen molar-refractivity contribution in [3.05, 3.63) is 88.9 Å². The first kappa shape index (κ1) is 27.8. The third-order valence-electron chi connectivity index (χ3n) is 6.05. The van der Waals surface area contributed by atoms with E-state index in [-0.39, 0.29) is 24.6 Å². The highest BCUT2D eigenvalue weighted by Crippen LogP contribution is 2.32. The fourth-order valence-corrected chi connectivity index (χ4v) is 5.10. The molecule has 0 spiro atoms. The molecule has 0 aliphatic rings. The van der Waals surface area contributed by atoms with Gasteiger partial charge in [0.25, 0.3) is 0 Å². The Bertz CT molecular complexity index is 1420. The molecule has 0 aliphatic heterocycles. The Morgan fingerprint density at radius 2 is 1.59 bits per heavy atom. The molecule has 0 amide bonds. The standard InChI is InChI=1S/C30H30N2O6S/c1-4-38-27(33)19-32(17-23-14-15-24(36-2)16-26(23)37-3)18-25-28(30(34)35)39-29(31-25)22-12-10-21(11-13-22)20-8-6-5-7-9-20/h5-16H,4,17-19H2,1-3H3,(H,34,35). The first-order chi connectivity index (χ1) is 18.9. The highest BCUT2D eigenvalue weighted by Gasteiger charge is 2.23. The zero-order valence-corrected chi connectivity index (χ0v) is 22.9. The molecule has 0 fully saturated rings. The number of thiazole rings is 1. The van der Waals surface area contributed by atoms with Gasteiger partial charge in [-0.05, 0) is 24.1 Å². The molecule has 1 N–H and O–H groups in total. The van der Waals surface area contributed by atoms with Gasteiger partial charge in [-0.3, -0.25) is 9.69 Å². The van der Waals surface area contributed by atoms with Gasteiger partial charge in [0.2, 0.25) is 0 Å². The van der Waals surface area contributed by atoms with Crippen LogP contribution in [0.4, 0.5) is 0 Å². The van der Waals surface area contributed by atoms with Gasteiger partial charge >= 0.3 is 11.9 Å². The number of methoxy groups -OCH3 is 2. The molecule has 0 unspecified atom stereocenters. The van der Waals surface area contributed by atoms with Crippen molar-refractivity contribution in [2.45, 2.75) is 20.0 Å². The normalized spacial score (nSPS) is 10.9. The first-order valence-corrected chi connectivity index (χ1v) is 13.2. The van der Waals surface area contributed by atoms with Crippen molar-refractivity contribution in [2.24, 2.45) is 0 Å². The Hall–Kier alpha value is -4.21. The van der Waals surface area contributed by atoms with Gasteiger partial charge in [-0.25, -0.2) is 9.78 Å². The van der Waals surface area contributed by atoms with Crippen molar-refractivity contribution in [2.75, 3.05) is 27.4 Å². The first-order valence-electron chi connectivity index (χ1n) is 12.4. The summed E-state index contributed by atoms with van der Waals surface area (Å²) in [6.45, 7) is 2.39. The van der Waals surface area contributed by atoms with E-state index in [1.807, 2.05) is 66.7 Å². The molecule has 1 aromatic heterocycles. The lowest BCUT2D eigenvalue weighted by molar-refractivity contribution is -0.144. The number of rotatable bonds is 12. The van der Waals surface area contributed by atoms with Crippen molar-refractivity contribution in [1.29, 1.82) is 0 Å². The van der Waals surface area contributed by atoms with Crippen LogP contribution in [0.2, 0.25) is 0 Å². The zero-order chi connectivity index (χ0) is 27.8. The van der Waals surface area contributed by atoms with E-state index in [4.69, 9.17) is 19.2 Å². The molecule has 4 aromatic rings. The summed E-state index contributed by atoms with van der Waals surface area (Å²) >= 11 is 1.12. The molecule has 3 aromatic carbocycles. The molecule has 0 atom stereocenters. The van der Waals surface area contributed by atoms with Gasteiger partial charge < -0.3 is 19.3 Å². The van der Waals surface area contributed by atoms with Crippen molar-refractivity contribution >= 4 is 23.3 Å². The van der Waals surface area contributed by atoms with Crippen LogP contribution in [-0.2, 0) is 22.6 Å². The number of hydrogen-bond donors (Lipinski definition) is 1. The van der Waals surface area contributed by atoms with Crippen LogP contribution in [0.3, 0.4) is 0 Å². The zero-order valence-electron chi connectivity index (χ0n) is 22.0. The molecule has 39 heavy (non-hydrogen) atoms. The smallest absolute Gasteiger partial charge is 0.347 e. The van der Waals surface area contributed by atoms with Crippen molar-refractivity contribution in [3.8, 4) is 33.2 Å². The van der Waals surface area contributed by atoms with Gasteiger partial charge in [0, 0.05) is 30.3 Å². The van der Waals surface area contributed by atoms with E-state index >= 15 is 0 Å². The van der Waals surface area contributed by atoms with E-state index in [9.17, 15) is 14.7 Å². The van der Waals surface area contributed by atoms with E-state index in [1.165, 1.54) is 0 Å². The van der Waals surface area contributed by atoms with Gasteiger partial charge in [-0.2, -0.15) is 0 Å². The lowest BCUT2D eigenvalue weighted by Crippen LogP contribution is -2.31. The van der Waals surface area contributed by atoms with Crippen LogP contribution < -0.4 is 9.47 Å². The average Bonchev–Trinajstić information content (AvgIpc) is 3.38. The molecule has 0 saturated carbocycles. The predicted octanol–water partition coefficient (Wildman–Crippen LogP) is 5.76. The molecule has 0 aliphatic carbocycles. The van der Waals surface area contributed by atoms with Crippen molar-refractivity contribution in [1.82, 2.24) is 9.88 Å². The lowest BCUT2D eigenvalue weighted by Gasteiger charge is -2.22. The van der Waals surface area contributed by atoms with Gasteiger partial charge in [-0.15, -0.1) is 11.3 Å². The van der Waals surface area contributed by atoms with Crippen LogP contribution in [0.15, 0.2) is 72.8 Å². The molecular formula is C30H30N2O6S. The van der Waals surface area contributed by atoms with Crippen LogP contribution >= 0.6 is 11.3 Å². The summed E-state index contributed by atoms with van der Waals surface area (Å²) in [5.74, 6) is -0.233. The minimum absolute atomic E-state index is 0.0410. The summed E-state index contributed by atoms with van der Waals surface area (Å²) in [5.41, 5.74) is 4.17. The van der Waals surface area contributed by atoms with Gasteiger partial charge in [0.1, 0.15) is 21.4 Å². The number of benzene rings is 3. The Morgan fingerprint density at radius 3 is 2.23 bits per heavy atom. The maximum absolute atomic E-state index is 12.4. The van der Waals surface area contributed by atoms with Crippen molar-refractivity contribution in [3.63, 3.8) is 0 Å². The van der Waals surface area contributed by atoms with Crippen LogP contribution in [0.25, 0.3) is 21.7 Å². The molecule has 0 saturated heterocycles. The largest absolute Gasteiger partial charge is 0.497 e.